The van der Waals surface area contributed by atoms with E-state index in [0.717, 1.165) is 13.1 Å². The zero-order valence-corrected chi connectivity index (χ0v) is 10.5. The Hall–Kier alpha value is -0.640. The molecule has 2 N–H and O–H groups in total. The molecule has 0 radical (unpaired) electrons. The van der Waals surface area contributed by atoms with E-state index in [1.165, 1.54) is 18.5 Å². The van der Waals surface area contributed by atoms with Crippen molar-refractivity contribution >= 4 is 12.4 Å². The Balaban J connectivity index is 0.00000128. The van der Waals surface area contributed by atoms with Crippen LogP contribution in [0.4, 0.5) is 0 Å². The van der Waals surface area contributed by atoms with Crippen molar-refractivity contribution in [2.45, 2.75) is 25.9 Å². The molecule has 2 rings (SSSR count). The third-order valence-corrected chi connectivity index (χ3v) is 3.18. The van der Waals surface area contributed by atoms with E-state index in [0.29, 0.717) is 12.0 Å². The van der Waals surface area contributed by atoms with Gasteiger partial charge in [-0.3, -0.25) is 9.88 Å². The lowest BCUT2D eigenvalue weighted by Crippen LogP contribution is -2.29. The molecular weight excluding hydrogens is 222 g/mol. The van der Waals surface area contributed by atoms with Crippen molar-refractivity contribution < 1.29 is 0 Å². The summed E-state index contributed by atoms with van der Waals surface area (Å²) in [6, 6.07) is 4.45. The van der Waals surface area contributed by atoms with E-state index in [1.807, 2.05) is 18.5 Å². The van der Waals surface area contributed by atoms with Crippen molar-refractivity contribution in [2.75, 3.05) is 13.1 Å². The van der Waals surface area contributed by atoms with Gasteiger partial charge in [0.2, 0.25) is 0 Å². The first kappa shape index (κ1) is 13.4. The average Bonchev–Trinajstić information content (AvgIpc) is 2.68. The number of hydrogen-bond acceptors (Lipinski definition) is 3. The molecule has 2 heterocycles. The minimum absolute atomic E-state index is 0. The van der Waals surface area contributed by atoms with Gasteiger partial charge in [0.15, 0.2) is 0 Å². The number of rotatable bonds is 3. The Morgan fingerprint density at radius 2 is 2.44 bits per heavy atom. The van der Waals surface area contributed by atoms with Crippen LogP contribution in [0.1, 0.15) is 18.9 Å². The predicted octanol–water partition coefficient (Wildman–Crippen LogP) is 1.67. The summed E-state index contributed by atoms with van der Waals surface area (Å²) in [5, 5.41) is 0. The van der Waals surface area contributed by atoms with Crippen molar-refractivity contribution in [1.29, 1.82) is 0 Å². The summed E-state index contributed by atoms with van der Waals surface area (Å²) in [5.74, 6) is 0.668. The molecule has 1 aromatic rings. The molecule has 1 aliphatic rings. The molecule has 0 bridgehead atoms. The van der Waals surface area contributed by atoms with Crippen LogP contribution in [0.3, 0.4) is 0 Å². The molecule has 2 atom stereocenters. The maximum atomic E-state index is 5.91. The molecule has 1 saturated heterocycles. The summed E-state index contributed by atoms with van der Waals surface area (Å²) >= 11 is 0. The van der Waals surface area contributed by atoms with Crippen LogP contribution in [-0.2, 0) is 6.54 Å². The van der Waals surface area contributed by atoms with Gasteiger partial charge in [-0.2, -0.15) is 0 Å². The third-order valence-electron chi connectivity index (χ3n) is 3.18. The first-order valence-corrected chi connectivity index (χ1v) is 5.62. The number of pyridine rings is 1. The Morgan fingerprint density at radius 1 is 1.62 bits per heavy atom. The fraction of sp³-hybridized carbons (Fsp3) is 0.583. The third kappa shape index (κ3) is 3.44. The fourth-order valence-corrected chi connectivity index (χ4v) is 2.19. The minimum Gasteiger partial charge on any atom is -0.328 e. The van der Waals surface area contributed by atoms with Crippen molar-refractivity contribution in [3.63, 3.8) is 0 Å². The second-order valence-electron chi connectivity index (χ2n) is 4.50. The number of hydrogen-bond donors (Lipinski definition) is 1. The van der Waals surface area contributed by atoms with Crippen LogP contribution in [0.15, 0.2) is 24.5 Å². The highest BCUT2D eigenvalue weighted by molar-refractivity contribution is 5.85. The van der Waals surface area contributed by atoms with E-state index in [1.54, 1.807) is 0 Å². The van der Waals surface area contributed by atoms with Gasteiger partial charge < -0.3 is 5.73 Å². The van der Waals surface area contributed by atoms with Crippen LogP contribution in [0.5, 0.6) is 0 Å². The molecule has 90 valence electrons. The minimum atomic E-state index is 0. The standard InChI is InChI=1S/C12H19N3.ClH/c1-10(13)12-4-6-15(9-12)8-11-3-2-5-14-7-11;/h2-3,5,7,10,12H,4,6,8-9,13H2,1H3;1H. The van der Waals surface area contributed by atoms with E-state index in [2.05, 4.69) is 22.9 Å². The topological polar surface area (TPSA) is 42.1 Å². The lowest BCUT2D eigenvalue weighted by Gasteiger charge is -2.17. The lowest BCUT2D eigenvalue weighted by molar-refractivity contribution is 0.308. The highest BCUT2D eigenvalue weighted by atomic mass is 35.5. The number of nitrogens with zero attached hydrogens (tertiary/aromatic N) is 2. The number of halogens is 1. The van der Waals surface area contributed by atoms with E-state index < -0.39 is 0 Å². The van der Waals surface area contributed by atoms with Crippen LogP contribution in [0.2, 0.25) is 0 Å². The van der Waals surface area contributed by atoms with Crippen molar-refractivity contribution in [2.24, 2.45) is 11.7 Å². The fourth-order valence-electron chi connectivity index (χ4n) is 2.19. The van der Waals surface area contributed by atoms with E-state index in [-0.39, 0.29) is 12.4 Å². The molecule has 0 amide bonds. The zero-order chi connectivity index (χ0) is 10.7. The van der Waals surface area contributed by atoms with Crippen LogP contribution >= 0.6 is 12.4 Å². The molecule has 1 aliphatic heterocycles. The molecular formula is C12H20ClN3. The largest absolute Gasteiger partial charge is 0.328 e. The second-order valence-corrected chi connectivity index (χ2v) is 4.50. The smallest absolute Gasteiger partial charge is 0.0312 e. The number of nitrogens with two attached hydrogens (primary N) is 1. The highest BCUT2D eigenvalue weighted by Crippen LogP contribution is 2.20. The van der Waals surface area contributed by atoms with E-state index >= 15 is 0 Å². The summed E-state index contributed by atoms with van der Waals surface area (Å²) < 4.78 is 0. The molecule has 16 heavy (non-hydrogen) atoms. The van der Waals surface area contributed by atoms with Crippen LogP contribution in [0.25, 0.3) is 0 Å². The molecule has 1 fully saturated rings. The number of aromatic nitrogens is 1. The summed E-state index contributed by atoms with van der Waals surface area (Å²) in [5.41, 5.74) is 7.21. The maximum Gasteiger partial charge on any atom is 0.0312 e. The Morgan fingerprint density at radius 3 is 3.00 bits per heavy atom. The van der Waals surface area contributed by atoms with Gasteiger partial charge in [0, 0.05) is 31.5 Å². The Bertz CT molecular complexity index is 302. The monoisotopic (exact) mass is 241 g/mol. The molecule has 0 spiro atoms. The van der Waals surface area contributed by atoms with Gasteiger partial charge in [-0.25, -0.2) is 0 Å². The molecule has 2 unspecified atom stereocenters. The van der Waals surface area contributed by atoms with Crippen molar-refractivity contribution in [3.05, 3.63) is 30.1 Å². The van der Waals surface area contributed by atoms with Gasteiger partial charge in [-0.05, 0) is 37.4 Å². The molecule has 3 nitrogen and oxygen atoms in total. The first-order valence-electron chi connectivity index (χ1n) is 5.62. The normalized spacial score (nSPS) is 22.8. The van der Waals surface area contributed by atoms with Crippen LogP contribution < -0.4 is 5.73 Å². The summed E-state index contributed by atoms with van der Waals surface area (Å²) in [4.78, 5) is 6.59. The van der Waals surface area contributed by atoms with Gasteiger partial charge in [-0.15, -0.1) is 12.4 Å². The maximum absolute atomic E-state index is 5.91. The van der Waals surface area contributed by atoms with E-state index in [9.17, 15) is 0 Å². The van der Waals surface area contributed by atoms with Crippen LogP contribution in [0, 0.1) is 5.92 Å². The Labute approximate surface area is 103 Å². The molecule has 1 aromatic heterocycles. The average molecular weight is 242 g/mol. The summed E-state index contributed by atoms with van der Waals surface area (Å²) in [6.45, 7) is 5.42. The highest BCUT2D eigenvalue weighted by Gasteiger charge is 2.24. The van der Waals surface area contributed by atoms with E-state index in [4.69, 9.17) is 5.73 Å². The zero-order valence-electron chi connectivity index (χ0n) is 9.67. The SMILES string of the molecule is CC(N)C1CCN(Cc2cccnc2)C1.Cl. The Kier molecular flexibility index (Phi) is 5.19. The quantitative estimate of drug-likeness (QED) is 0.876. The van der Waals surface area contributed by atoms with Gasteiger partial charge >= 0.3 is 0 Å². The summed E-state index contributed by atoms with van der Waals surface area (Å²) in [6.07, 6.45) is 5.00. The predicted molar refractivity (Wildman–Crippen MR) is 68.5 cm³/mol. The molecule has 4 heteroatoms. The molecule has 0 saturated carbocycles. The molecule has 0 aliphatic carbocycles. The van der Waals surface area contributed by atoms with Gasteiger partial charge in [-0.1, -0.05) is 6.07 Å². The first-order chi connectivity index (χ1) is 7.25. The lowest BCUT2D eigenvalue weighted by atomic mass is 10.0. The van der Waals surface area contributed by atoms with Crippen molar-refractivity contribution in [3.8, 4) is 0 Å². The number of likely N-dealkylation sites (tertiary alicyclic amines) is 1. The summed E-state index contributed by atoms with van der Waals surface area (Å²) in [7, 11) is 0. The van der Waals surface area contributed by atoms with Gasteiger partial charge in [0.25, 0.3) is 0 Å². The van der Waals surface area contributed by atoms with Crippen LogP contribution in [-0.4, -0.2) is 29.0 Å². The second kappa shape index (κ2) is 6.18. The van der Waals surface area contributed by atoms with Gasteiger partial charge in [0.05, 0.1) is 0 Å². The molecule has 0 aromatic carbocycles. The van der Waals surface area contributed by atoms with Gasteiger partial charge in [0.1, 0.15) is 0 Å². The van der Waals surface area contributed by atoms with Crippen molar-refractivity contribution in [1.82, 2.24) is 9.88 Å².